The van der Waals surface area contributed by atoms with Crippen molar-refractivity contribution in [3.63, 3.8) is 0 Å². The van der Waals surface area contributed by atoms with Crippen molar-refractivity contribution in [2.24, 2.45) is 0 Å². The summed E-state index contributed by atoms with van der Waals surface area (Å²) in [6.07, 6.45) is 2.38. The van der Waals surface area contributed by atoms with Gasteiger partial charge in [-0.3, -0.25) is 4.79 Å². The molecule has 1 unspecified atom stereocenters. The number of methoxy groups -OCH3 is 2. The van der Waals surface area contributed by atoms with Crippen molar-refractivity contribution in [3.05, 3.63) is 90.1 Å². The normalized spacial score (nSPS) is 12.2. The smallest absolute Gasteiger partial charge is 0.252 e. The number of H-pyrrole nitrogens is 1. The number of aliphatic hydroxyl groups excluding tert-OH is 1. The number of furan rings is 1. The van der Waals surface area contributed by atoms with Crippen LogP contribution in [0.4, 0.5) is 0 Å². The monoisotopic (exact) mass is 521 g/mol. The van der Waals surface area contributed by atoms with E-state index in [1.165, 1.54) is 0 Å². The first kappa shape index (κ1) is 24.5. The third-order valence-corrected chi connectivity index (χ3v) is 6.95. The molecule has 0 saturated carbocycles. The van der Waals surface area contributed by atoms with Gasteiger partial charge in [0.2, 0.25) is 0 Å². The standard InChI is InChI=1S/C31H27N3O5/c1-37-20-10-11-26-22(13-20)23(14-27(34-26)30-15-24-28(38-2)8-5-9-29(24)39-30)31(36)33-19(17-35)12-18-16-32-25-7-4-3-6-21(18)25/h3-11,13-16,19,32,35H,12,17H2,1-2H3,(H,33,36). The van der Waals surface area contributed by atoms with Crippen LogP contribution in [-0.2, 0) is 6.42 Å². The largest absolute Gasteiger partial charge is 0.497 e. The van der Waals surface area contributed by atoms with Crippen molar-refractivity contribution in [3.8, 4) is 23.0 Å². The van der Waals surface area contributed by atoms with Gasteiger partial charge in [0.25, 0.3) is 5.91 Å². The first-order chi connectivity index (χ1) is 19.1. The molecule has 3 aromatic carbocycles. The second-order valence-electron chi connectivity index (χ2n) is 9.34. The van der Waals surface area contributed by atoms with Gasteiger partial charge >= 0.3 is 0 Å². The van der Waals surface area contributed by atoms with Crippen LogP contribution in [0.25, 0.3) is 44.2 Å². The summed E-state index contributed by atoms with van der Waals surface area (Å²) in [5.41, 5.74) is 4.21. The fraction of sp³-hybridized carbons (Fsp3) is 0.161. The number of para-hydroxylation sites is 1. The number of aliphatic hydroxyl groups is 1. The average Bonchev–Trinajstić information content (AvgIpc) is 3.60. The molecule has 196 valence electrons. The predicted molar refractivity (Wildman–Crippen MR) is 150 cm³/mol. The highest BCUT2D eigenvalue weighted by Gasteiger charge is 2.21. The Kier molecular flexibility index (Phi) is 6.38. The summed E-state index contributed by atoms with van der Waals surface area (Å²) in [6, 6.07) is 22.0. The van der Waals surface area contributed by atoms with Crippen LogP contribution in [0, 0.1) is 0 Å². The van der Waals surface area contributed by atoms with E-state index < -0.39 is 6.04 Å². The summed E-state index contributed by atoms with van der Waals surface area (Å²) in [7, 11) is 3.19. The van der Waals surface area contributed by atoms with Crippen molar-refractivity contribution < 1.29 is 23.8 Å². The first-order valence-corrected chi connectivity index (χ1v) is 12.6. The number of aromatic amines is 1. The lowest BCUT2D eigenvalue weighted by Gasteiger charge is -2.17. The van der Waals surface area contributed by atoms with Gasteiger partial charge in [0.1, 0.15) is 22.8 Å². The van der Waals surface area contributed by atoms with Gasteiger partial charge in [0.05, 0.1) is 43.3 Å². The van der Waals surface area contributed by atoms with E-state index in [2.05, 4.69) is 10.3 Å². The lowest BCUT2D eigenvalue weighted by atomic mass is 10.0. The minimum absolute atomic E-state index is 0.214. The third kappa shape index (κ3) is 4.55. The summed E-state index contributed by atoms with van der Waals surface area (Å²) in [5.74, 6) is 1.48. The fourth-order valence-corrected chi connectivity index (χ4v) is 4.97. The maximum Gasteiger partial charge on any atom is 0.252 e. The molecule has 0 fully saturated rings. The minimum atomic E-state index is -0.496. The van der Waals surface area contributed by atoms with Crippen molar-refractivity contribution in [1.82, 2.24) is 15.3 Å². The van der Waals surface area contributed by atoms with Gasteiger partial charge in [-0.1, -0.05) is 24.3 Å². The molecular formula is C31H27N3O5. The highest BCUT2D eigenvalue weighted by atomic mass is 16.5. The van der Waals surface area contributed by atoms with Crippen molar-refractivity contribution >= 4 is 38.7 Å². The summed E-state index contributed by atoms with van der Waals surface area (Å²) >= 11 is 0. The van der Waals surface area contributed by atoms with Gasteiger partial charge in [-0.2, -0.15) is 0 Å². The molecule has 8 heteroatoms. The molecule has 39 heavy (non-hydrogen) atoms. The van der Waals surface area contributed by atoms with Crippen molar-refractivity contribution in [1.29, 1.82) is 0 Å². The molecule has 3 heterocycles. The van der Waals surface area contributed by atoms with E-state index in [-0.39, 0.29) is 12.5 Å². The van der Waals surface area contributed by atoms with Gasteiger partial charge in [-0.15, -0.1) is 0 Å². The van der Waals surface area contributed by atoms with E-state index in [0.29, 0.717) is 51.4 Å². The summed E-state index contributed by atoms with van der Waals surface area (Å²) in [4.78, 5) is 21.8. The van der Waals surface area contributed by atoms with Gasteiger partial charge in [0, 0.05) is 22.5 Å². The Bertz CT molecular complexity index is 1820. The van der Waals surface area contributed by atoms with E-state index in [4.69, 9.17) is 18.9 Å². The molecule has 0 aliphatic heterocycles. The Balaban J connectivity index is 1.39. The third-order valence-electron chi connectivity index (χ3n) is 6.95. The first-order valence-electron chi connectivity index (χ1n) is 12.6. The number of carbonyl (C=O) groups is 1. The summed E-state index contributed by atoms with van der Waals surface area (Å²) in [6.45, 7) is -0.214. The van der Waals surface area contributed by atoms with Gasteiger partial charge in [0.15, 0.2) is 5.76 Å². The molecule has 0 saturated heterocycles. The Hall–Kier alpha value is -4.82. The van der Waals surface area contributed by atoms with Gasteiger partial charge in [-0.05, 0) is 60.5 Å². The van der Waals surface area contributed by atoms with E-state index in [0.717, 1.165) is 21.9 Å². The number of aromatic nitrogens is 2. The van der Waals surface area contributed by atoms with Crippen molar-refractivity contribution in [2.45, 2.75) is 12.5 Å². The molecule has 8 nitrogen and oxygen atoms in total. The highest BCUT2D eigenvalue weighted by Crippen LogP contribution is 2.34. The zero-order valence-corrected chi connectivity index (χ0v) is 21.5. The zero-order valence-electron chi connectivity index (χ0n) is 21.5. The molecule has 6 aromatic rings. The SMILES string of the molecule is COc1ccc2nc(-c3cc4c(OC)cccc4o3)cc(C(=O)NC(CO)Cc3c[nH]c4ccccc34)c2c1. The second kappa shape index (κ2) is 10.2. The molecule has 1 atom stereocenters. The average molecular weight is 522 g/mol. The lowest BCUT2D eigenvalue weighted by Crippen LogP contribution is -2.39. The molecular weight excluding hydrogens is 494 g/mol. The van der Waals surface area contributed by atoms with Crippen LogP contribution in [0.2, 0.25) is 0 Å². The molecule has 3 aromatic heterocycles. The van der Waals surface area contributed by atoms with E-state index in [1.54, 1.807) is 32.4 Å². The Morgan fingerprint density at radius 3 is 2.69 bits per heavy atom. The van der Waals surface area contributed by atoms with E-state index in [9.17, 15) is 9.90 Å². The molecule has 0 bridgehead atoms. The number of pyridine rings is 1. The molecule has 0 aliphatic rings. The zero-order chi connectivity index (χ0) is 26.9. The fourth-order valence-electron chi connectivity index (χ4n) is 4.97. The number of rotatable bonds is 8. The maximum absolute atomic E-state index is 13.7. The van der Waals surface area contributed by atoms with Gasteiger partial charge in [-0.25, -0.2) is 4.98 Å². The minimum Gasteiger partial charge on any atom is -0.497 e. The molecule has 3 N–H and O–H groups in total. The molecule has 0 radical (unpaired) electrons. The number of fused-ring (bicyclic) bond motifs is 3. The van der Waals surface area contributed by atoms with Crippen LogP contribution < -0.4 is 14.8 Å². The molecule has 0 spiro atoms. The van der Waals surface area contributed by atoms with Crippen molar-refractivity contribution in [2.75, 3.05) is 20.8 Å². The Morgan fingerprint density at radius 1 is 1.00 bits per heavy atom. The highest BCUT2D eigenvalue weighted by molar-refractivity contribution is 6.07. The number of hydrogen-bond donors (Lipinski definition) is 3. The van der Waals surface area contributed by atoms with Crippen LogP contribution in [0.15, 0.2) is 83.4 Å². The van der Waals surface area contributed by atoms with Crippen LogP contribution in [0.5, 0.6) is 11.5 Å². The van der Waals surface area contributed by atoms with E-state index >= 15 is 0 Å². The Labute approximate surface area is 224 Å². The Morgan fingerprint density at radius 2 is 1.87 bits per heavy atom. The second-order valence-corrected chi connectivity index (χ2v) is 9.34. The molecule has 6 rings (SSSR count). The molecule has 0 aliphatic carbocycles. The number of carbonyl (C=O) groups excluding carboxylic acids is 1. The van der Waals surface area contributed by atoms with Crippen LogP contribution >= 0.6 is 0 Å². The van der Waals surface area contributed by atoms with Gasteiger partial charge < -0.3 is 29.3 Å². The number of amides is 1. The topological polar surface area (TPSA) is 110 Å². The quantitative estimate of drug-likeness (QED) is 0.245. The maximum atomic E-state index is 13.7. The predicted octanol–water partition coefficient (Wildman–Crippen LogP) is 5.48. The number of ether oxygens (including phenoxy) is 2. The summed E-state index contributed by atoms with van der Waals surface area (Å²) in [5, 5.41) is 15.7. The number of benzene rings is 3. The van der Waals surface area contributed by atoms with E-state index in [1.807, 2.05) is 60.8 Å². The molecule has 1 amide bonds. The van der Waals surface area contributed by atoms with Crippen LogP contribution in [0.1, 0.15) is 15.9 Å². The van der Waals surface area contributed by atoms with Crippen LogP contribution in [-0.4, -0.2) is 47.8 Å². The number of hydrogen-bond acceptors (Lipinski definition) is 6. The van der Waals surface area contributed by atoms with Crippen LogP contribution in [0.3, 0.4) is 0 Å². The summed E-state index contributed by atoms with van der Waals surface area (Å²) < 4.78 is 17.0. The number of nitrogens with zero attached hydrogens (tertiary/aromatic N) is 1. The number of nitrogens with one attached hydrogen (secondary N) is 2. The lowest BCUT2D eigenvalue weighted by molar-refractivity contribution is 0.0918.